The molecular formula is C24H31N3O6S. The van der Waals surface area contributed by atoms with Crippen molar-refractivity contribution in [1.82, 2.24) is 10.0 Å². The third-order valence-electron chi connectivity index (χ3n) is 5.62. The molecule has 2 atom stereocenters. The number of rotatable bonds is 11. The molecule has 1 saturated heterocycles. The van der Waals surface area contributed by atoms with Gasteiger partial charge in [0.15, 0.2) is 0 Å². The van der Waals surface area contributed by atoms with E-state index in [2.05, 4.69) is 10.0 Å². The van der Waals surface area contributed by atoms with Crippen molar-refractivity contribution in [2.24, 2.45) is 0 Å². The molecule has 2 amide bonds. The average molecular weight is 490 g/mol. The summed E-state index contributed by atoms with van der Waals surface area (Å²) in [4.78, 5) is 27.8. The highest BCUT2D eigenvalue weighted by molar-refractivity contribution is 7.89. The van der Waals surface area contributed by atoms with Crippen LogP contribution in [0.4, 0.5) is 5.69 Å². The highest BCUT2D eigenvalue weighted by Crippen LogP contribution is 2.23. The fourth-order valence-electron chi connectivity index (χ4n) is 3.79. The standard InChI is InChI=1S/C24H31N3O6S/c1-3-22(24(29)25-16-20-8-7-15-33-20)27(18-11-13-19(32-2)14-12-18)23(28)17-26-34(30,31)21-9-5-4-6-10-21/h4-6,9-14,20,22,26H,3,7-8,15-17H2,1-2H3,(H,25,29)/t20-,22+/m1/s1. The van der Waals surface area contributed by atoms with Crippen molar-refractivity contribution in [3.05, 3.63) is 54.6 Å². The van der Waals surface area contributed by atoms with Crippen molar-refractivity contribution >= 4 is 27.5 Å². The lowest BCUT2D eigenvalue weighted by Crippen LogP contribution is -2.53. The second-order valence-electron chi connectivity index (χ2n) is 7.90. The predicted molar refractivity (Wildman–Crippen MR) is 128 cm³/mol. The van der Waals surface area contributed by atoms with Gasteiger partial charge in [0.1, 0.15) is 11.8 Å². The van der Waals surface area contributed by atoms with E-state index >= 15 is 0 Å². The minimum absolute atomic E-state index is 0.0377. The number of carbonyl (C=O) groups excluding carboxylic acids is 2. The molecule has 9 nitrogen and oxygen atoms in total. The highest BCUT2D eigenvalue weighted by atomic mass is 32.2. The number of ether oxygens (including phenoxy) is 2. The number of benzene rings is 2. The van der Waals surface area contributed by atoms with Gasteiger partial charge in [0, 0.05) is 18.8 Å². The molecule has 0 radical (unpaired) electrons. The maximum atomic E-state index is 13.3. The molecule has 184 valence electrons. The number of anilines is 1. The quantitative estimate of drug-likeness (QED) is 0.500. The fraction of sp³-hybridized carbons (Fsp3) is 0.417. The van der Waals surface area contributed by atoms with Crippen LogP contribution in [0.3, 0.4) is 0 Å². The first kappa shape index (κ1) is 25.7. The Kier molecular flexibility index (Phi) is 9.03. The fourth-order valence-corrected chi connectivity index (χ4v) is 4.78. The summed E-state index contributed by atoms with van der Waals surface area (Å²) in [5.41, 5.74) is 0.462. The second kappa shape index (κ2) is 12.0. The molecule has 2 aromatic carbocycles. The molecule has 3 rings (SSSR count). The molecule has 0 bridgehead atoms. The van der Waals surface area contributed by atoms with Crippen molar-refractivity contribution in [2.75, 3.05) is 31.7 Å². The zero-order valence-corrected chi connectivity index (χ0v) is 20.2. The Hall–Kier alpha value is -2.95. The molecular weight excluding hydrogens is 458 g/mol. The van der Waals surface area contributed by atoms with E-state index in [0.717, 1.165) is 12.8 Å². The summed E-state index contributed by atoms with van der Waals surface area (Å²) in [5.74, 6) is -0.284. The Bertz CT molecular complexity index is 1050. The molecule has 1 heterocycles. The minimum Gasteiger partial charge on any atom is -0.497 e. The molecule has 1 fully saturated rings. The Morgan fingerprint density at radius 1 is 1.15 bits per heavy atom. The van der Waals surface area contributed by atoms with Gasteiger partial charge in [-0.05, 0) is 55.7 Å². The van der Waals surface area contributed by atoms with Crippen LogP contribution in [-0.4, -0.2) is 59.2 Å². The number of methoxy groups -OCH3 is 1. The van der Waals surface area contributed by atoms with Crippen LogP contribution in [0.5, 0.6) is 5.75 Å². The van der Waals surface area contributed by atoms with Crippen molar-refractivity contribution < 1.29 is 27.5 Å². The number of hydrogen-bond donors (Lipinski definition) is 2. The van der Waals surface area contributed by atoms with E-state index in [4.69, 9.17) is 9.47 Å². The van der Waals surface area contributed by atoms with E-state index in [-0.39, 0.29) is 16.9 Å². The van der Waals surface area contributed by atoms with E-state index in [0.29, 0.717) is 31.0 Å². The summed E-state index contributed by atoms with van der Waals surface area (Å²) in [5, 5.41) is 2.88. The molecule has 2 N–H and O–H groups in total. The third-order valence-corrected chi connectivity index (χ3v) is 7.03. The normalized spacial score (nSPS) is 16.6. The molecule has 0 unspecified atom stereocenters. The highest BCUT2D eigenvalue weighted by Gasteiger charge is 2.31. The molecule has 0 aromatic heterocycles. The van der Waals surface area contributed by atoms with Crippen LogP contribution in [0.2, 0.25) is 0 Å². The predicted octanol–water partition coefficient (Wildman–Crippen LogP) is 2.08. The molecule has 0 saturated carbocycles. The SMILES string of the molecule is CC[C@@H](C(=O)NC[C@H]1CCCO1)N(C(=O)CNS(=O)(=O)c1ccccc1)c1ccc(OC)cc1. The van der Waals surface area contributed by atoms with Gasteiger partial charge >= 0.3 is 0 Å². The number of hydrogen-bond acceptors (Lipinski definition) is 6. The third kappa shape index (κ3) is 6.55. The summed E-state index contributed by atoms with van der Waals surface area (Å²) >= 11 is 0. The summed E-state index contributed by atoms with van der Waals surface area (Å²) in [7, 11) is -2.36. The van der Waals surface area contributed by atoms with Gasteiger partial charge in [0.25, 0.3) is 0 Å². The lowest BCUT2D eigenvalue weighted by atomic mass is 10.1. The van der Waals surface area contributed by atoms with Crippen molar-refractivity contribution in [3.8, 4) is 5.75 Å². The van der Waals surface area contributed by atoms with E-state index in [1.165, 1.54) is 24.1 Å². The van der Waals surface area contributed by atoms with E-state index in [9.17, 15) is 18.0 Å². The van der Waals surface area contributed by atoms with Gasteiger partial charge in [0.2, 0.25) is 21.8 Å². The number of sulfonamides is 1. The Balaban J connectivity index is 1.79. The Morgan fingerprint density at radius 3 is 2.44 bits per heavy atom. The van der Waals surface area contributed by atoms with Crippen molar-refractivity contribution in [1.29, 1.82) is 0 Å². The molecule has 34 heavy (non-hydrogen) atoms. The molecule has 1 aliphatic rings. The zero-order valence-electron chi connectivity index (χ0n) is 19.4. The van der Waals surface area contributed by atoms with E-state index in [1.54, 1.807) is 49.4 Å². The van der Waals surface area contributed by atoms with Crippen LogP contribution in [0.15, 0.2) is 59.5 Å². The first-order valence-corrected chi connectivity index (χ1v) is 12.7. The summed E-state index contributed by atoms with van der Waals surface area (Å²) < 4.78 is 38.3. The van der Waals surface area contributed by atoms with Gasteiger partial charge in [-0.1, -0.05) is 25.1 Å². The molecule has 2 aromatic rings. The van der Waals surface area contributed by atoms with Gasteiger partial charge in [-0.2, -0.15) is 0 Å². The maximum Gasteiger partial charge on any atom is 0.243 e. The topological polar surface area (TPSA) is 114 Å². The number of amides is 2. The molecule has 0 spiro atoms. The number of nitrogens with zero attached hydrogens (tertiary/aromatic N) is 1. The van der Waals surface area contributed by atoms with Crippen LogP contribution < -0.4 is 19.7 Å². The monoisotopic (exact) mass is 489 g/mol. The average Bonchev–Trinajstić information content (AvgIpc) is 3.39. The smallest absolute Gasteiger partial charge is 0.243 e. The summed E-state index contributed by atoms with van der Waals surface area (Å²) in [6.07, 6.45) is 2.12. The number of nitrogens with one attached hydrogen (secondary N) is 2. The van der Waals surface area contributed by atoms with E-state index < -0.39 is 28.5 Å². The van der Waals surface area contributed by atoms with Crippen LogP contribution in [0.1, 0.15) is 26.2 Å². The molecule has 1 aliphatic heterocycles. The Labute approximate surface area is 200 Å². The Morgan fingerprint density at radius 2 is 1.85 bits per heavy atom. The maximum absolute atomic E-state index is 13.3. The van der Waals surface area contributed by atoms with Gasteiger partial charge < -0.3 is 14.8 Å². The van der Waals surface area contributed by atoms with E-state index in [1.807, 2.05) is 0 Å². The van der Waals surface area contributed by atoms with Gasteiger partial charge in [-0.3, -0.25) is 14.5 Å². The zero-order chi connectivity index (χ0) is 24.6. The largest absolute Gasteiger partial charge is 0.497 e. The van der Waals surface area contributed by atoms with Gasteiger partial charge in [-0.15, -0.1) is 0 Å². The van der Waals surface area contributed by atoms with Gasteiger partial charge in [0.05, 0.1) is 24.7 Å². The lowest BCUT2D eigenvalue weighted by Gasteiger charge is -2.31. The van der Waals surface area contributed by atoms with Crippen LogP contribution in [0.25, 0.3) is 0 Å². The van der Waals surface area contributed by atoms with Crippen LogP contribution in [-0.2, 0) is 24.3 Å². The van der Waals surface area contributed by atoms with Crippen LogP contribution in [0, 0.1) is 0 Å². The lowest BCUT2D eigenvalue weighted by molar-refractivity contribution is -0.126. The summed E-state index contributed by atoms with van der Waals surface area (Å²) in [6, 6.07) is 13.7. The molecule has 10 heteroatoms. The second-order valence-corrected chi connectivity index (χ2v) is 9.67. The van der Waals surface area contributed by atoms with Crippen molar-refractivity contribution in [2.45, 2.75) is 43.2 Å². The number of carbonyl (C=O) groups is 2. The summed E-state index contributed by atoms with van der Waals surface area (Å²) in [6.45, 7) is 2.34. The minimum atomic E-state index is -3.89. The van der Waals surface area contributed by atoms with Crippen molar-refractivity contribution in [3.63, 3.8) is 0 Å². The van der Waals surface area contributed by atoms with Crippen LogP contribution >= 0.6 is 0 Å². The van der Waals surface area contributed by atoms with Gasteiger partial charge in [-0.25, -0.2) is 13.1 Å². The first-order chi connectivity index (χ1) is 16.4. The first-order valence-electron chi connectivity index (χ1n) is 11.3. The molecule has 0 aliphatic carbocycles.